The van der Waals surface area contributed by atoms with Crippen molar-refractivity contribution in [1.82, 2.24) is 9.97 Å². The molecule has 0 spiro atoms. The summed E-state index contributed by atoms with van der Waals surface area (Å²) in [6, 6.07) is 10.7. The highest BCUT2D eigenvalue weighted by atomic mass is 35.5. The number of hydrogen-bond acceptors (Lipinski definition) is 3. The van der Waals surface area contributed by atoms with E-state index in [1.807, 2.05) is 24.5 Å². The van der Waals surface area contributed by atoms with Gasteiger partial charge in [0.05, 0.1) is 10.6 Å². The third-order valence-corrected chi connectivity index (χ3v) is 4.54. The Balaban J connectivity index is 1.63. The number of benzene rings is 2. The molecule has 0 saturated heterocycles. The molecule has 0 aliphatic carbocycles. The van der Waals surface area contributed by atoms with Crippen molar-refractivity contribution >= 4 is 11.6 Å². The van der Waals surface area contributed by atoms with Crippen LogP contribution in [-0.4, -0.2) is 9.97 Å². The largest absolute Gasteiger partial charge is 0.457 e. The van der Waals surface area contributed by atoms with Crippen LogP contribution in [0.3, 0.4) is 0 Å². The van der Waals surface area contributed by atoms with E-state index >= 15 is 0 Å². The minimum absolute atomic E-state index is 0.0777. The number of hydrogen-bond donors (Lipinski definition) is 0. The summed E-state index contributed by atoms with van der Waals surface area (Å²) < 4.78 is 44.3. The van der Waals surface area contributed by atoms with Gasteiger partial charge in [-0.1, -0.05) is 30.7 Å². The molecule has 0 radical (unpaired) electrons. The lowest BCUT2D eigenvalue weighted by Crippen LogP contribution is -2.05. The van der Waals surface area contributed by atoms with Gasteiger partial charge < -0.3 is 4.74 Å². The average Bonchev–Trinajstić information content (AvgIpc) is 2.68. The van der Waals surface area contributed by atoms with Gasteiger partial charge in [0.2, 0.25) is 0 Å². The topological polar surface area (TPSA) is 35.0 Å². The summed E-state index contributed by atoms with van der Waals surface area (Å²) in [6.07, 6.45) is 1.50. The standard InChI is InChI=1S/C21H18ClF3N2O/c1-2-14-12-26-20(27-13-14)10-5-15-3-6-16(7-4-15)28-17-8-9-19(22)18(11-17)21(23,24)25/h3-4,6-9,11-13H,2,5,10H2,1H3. The number of nitrogens with zero attached hydrogens (tertiary/aromatic N) is 2. The first kappa shape index (κ1) is 20.1. The third kappa shape index (κ3) is 5.23. The van der Waals surface area contributed by atoms with Crippen molar-refractivity contribution in [2.75, 3.05) is 0 Å². The van der Waals surface area contributed by atoms with Gasteiger partial charge in [-0.05, 0) is 54.3 Å². The highest BCUT2D eigenvalue weighted by Gasteiger charge is 2.33. The van der Waals surface area contributed by atoms with Crippen molar-refractivity contribution < 1.29 is 17.9 Å². The van der Waals surface area contributed by atoms with Gasteiger partial charge in [0.15, 0.2) is 0 Å². The van der Waals surface area contributed by atoms with E-state index < -0.39 is 11.7 Å². The molecule has 0 saturated carbocycles. The second kappa shape index (κ2) is 8.61. The van der Waals surface area contributed by atoms with Crippen LogP contribution in [0.1, 0.15) is 29.4 Å². The fourth-order valence-electron chi connectivity index (χ4n) is 2.59. The first-order chi connectivity index (χ1) is 13.3. The van der Waals surface area contributed by atoms with Gasteiger partial charge in [-0.3, -0.25) is 0 Å². The first-order valence-electron chi connectivity index (χ1n) is 8.78. The van der Waals surface area contributed by atoms with Gasteiger partial charge in [-0.15, -0.1) is 0 Å². The molecule has 3 nitrogen and oxygen atoms in total. The van der Waals surface area contributed by atoms with E-state index in [9.17, 15) is 13.2 Å². The lowest BCUT2D eigenvalue weighted by Gasteiger charge is -2.12. The van der Waals surface area contributed by atoms with Crippen LogP contribution in [0.5, 0.6) is 11.5 Å². The van der Waals surface area contributed by atoms with E-state index in [0.29, 0.717) is 12.2 Å². The summed E-state index contributed by atoms with van der Waals surface area (Å²) >= 11 is 5.62. The molecule has 0 unspecified atom stereocenters. The van der Waals surface area contributed by atoms with Crippen molar-refractivity contribution in [1.29, 1.82) is 0 Å². The average molecular weight is 407 g/mol. The van der Waals surface area contributed by atoms with Crippen LogP contribution in [0, 0.1) is 0 Å². The molecule has 0 atom stereocenters. The zero-order valence-electron chi connectivity index (χ0n) is 15.1. The summed E-state index contributed by atoms with van der Waals surface area (Å²) in [7, 11) is 0. The smallest absolute Gasteiger partial charge is 0.417 e. The zero-order chi connectivity index (χ0) is 20.1. The van der Waals surface area contributed by atoms with Gasteiger partial charge in [0.1, 0.15) is 17.3 Å². The Labute approximate surface area is 166 Å². The Morgan fingerprint density at radius 3 is 2.14 bits per heavy atom. The Morgan fingerprint density at radius 2 is 1.54 bits per heavy atom. The second-order valence-electron chi connectivity index (χ2n) is 6.25. The predicted molar refractivity (Wildman–Crippen MR) is 102 cm³/mol. The van der Waals surface area contributed by atoms with Crippen molar-refractivity contribution in [3.63, 3.8) is 0 Å². The van der Waals surface area contributed by atoms with E-state index in [2.05, 4.69) is 16.9 Å². The monoisotopic (exact) mass is 406 g/mol. The molecule has 2 aromatic carbocycles. The minimum Gasteiger partial charge on any atom is -0.457 e. The van der Waals surface area contributed by atoms with Gasteiger partial charge >= 0.3 is 6.18 Å². The van der Waals surface area contributed by atoms with Crippen LogP contribution in [0.25, 0.3) is 0 Å². The maximum Gasteiger partial charge on any atom is 0.417 e. The Bertz CT molecular complexity index is 926. The van der Waals surface area contributed by atoms with Crippen LogP contribution in [-0.2, 0) is 25.4 Å². The second-order valence-corrected chi connectivity index (χ2v) is 6.65. The number of aryl methyl sites for hydroxylation is 3. The molecule has 0 aliphatic heterocycles. The predicted octanol–water partition coefficient (Wildman–Crippen LogP) is 6.29. The molecular formula is C21H18ClF3N2O. The van der Waals surface area contributed by atoms with E-state index in [1.54, 1.807) is 12.1 Å². The Hall–Kier alpha value is -2.60. The summed E-state index contributed by atoms with van der Waals surface area (Å²) in [6.45, 7) is 2.05. The lowest BCUT2D eigenvalue weighted by atomic mass is 10.1. The van der Waals surface area contributed by atoms with Crippen molar-refractivity contribution in [2.45, 2.75) is 32.4 Å². The van der Waals surface area contributed by atoms with Crippen molar-refractivity contribution in [2.24, 2.45) is 0 Å². The molecule has 0 bridgehead atoms. The fraction of sp³-hybridized carbons (Fsp3) is 0.238. The Morgan fingerprint density at radius 1 is 0.893 bits per heavy atom. The molecule has 3 aromatic rings. The summed E-state index contributed by atoms with van der Waals surface area (Å²) in [5.74, 6) is 1.30. The number of halogens is 4. The summed E-state index contributed by atoms with van der Waals surface area (Å²) in [5.41, 5.74) is 1.24. The highest BCUT2D eigenvalue weighted by molar-refractivity contribution is 6.31. The van der Waals surface area contributed by atoms with Crippen molar-refractivity contribution in [3.8, 4) is 11.5 Å². The molecule has 1 heterocycles. The highest BCUT2D eigenvalue weighted by Crippen LogP contribution is 2.37. The molecule has 28 heavy (non-hydrogen) atoms. The van der Waals surface area contributed by atoms with E-state index in [0.717, 1.165) is 35.9 Å². The number of ether oxygens (including phenoxy) is 1. The third-order valence-electron chi connectivity index (χ3n) is 4.21. The number of alkyl halides is 3. The number of rotatable bonds is 6. The quantitative estimate of drug-likeness (QED) is 0.482. The number of aromatic nitrogens is 2. The Kier molecular flexibility index (Phi) is 6.19. The zero-order valence-corrected chi connectivity index (χ0v) is 15.9. The summed E-state index contributed by atoms with van der Waals surface area (Å²) in [4.78, 5) is 8.67. The van der Waals surface area contributed by atoms with E-state index in [4.69, 9.17) is 16.3 Å². The molecule has 0 amide bonds. The lowest BCUT2D eigenvalue weighted by molar-refractivity contribution is -0.137. The van der Waals surface area contributed by atoms with Gasteiger partial charge in [0, 0.05) is 18.8 Å². The summed E-state index contributed by atoms with van der Waals surface area (Å²) in [5, 5.41) is -0.357. The molecule has 0 aliphatic rings. The first-order valence-corrected chi connectivity index (χ1v) is 9.16. The molecular weight excluding hydrogens is 389 g/mol. The van der Waals surface area contributed by atoms with Crippen LogP contribution >= 0.6 is 11.6 Å². The molecule has 146 valence electrons. The van der Waals surface area contributed by atoms with Crippen LogP contribution in [0.4, 0.5) is 13.2 Å². The van der Waals surface area contributed by atoms with E-state index in [-0.39, 0.29) is 10.8 Å². The SMILES string of the molecule is CCc1cnc(CCc2ccc(Oc3ccc(Cl)c(C(F)(F)F)c3)cc2)nc1. The van der Waals surface area contributed by atoms with Gasteiger partial charge in [0.25, 0.3) is 0 Å². The minimum atomic E-state index is -4.53. The fourth-order valence-corrected chi connectivity index (χ4v) is 2.82. The molecule has 3 rings (SSSR count). The molecule has 0 fully saturated rings. The van der Waals surface area contributed by atoms with Crippen LogP contribution in [0.2, 0.25) is 5.02 Å². The van der Waals surface area contributed by atoms with Gasteiger partial charge in [-0.2, -0.15) is 13.2 Å². The molecule has 0 N–H and O–H groups in total. The van der Waals surface area contributed by atoms with Crippen LogP contribution in [0.15, 0.2) is 54.9 Å². The van der Waals surface area contributed by atoms with Crippen molar-refractivity contribution in [3.05, 3.63) is 82.4 Å². The van der Waals surface area contributed by atoms with E-state index in [1.165, 1.54) is 12.1 Å². The van der Waals surface area contributed by atoms with Crippen LogP contribution < -0.4 is 4.74 Å². The maximum atomic E-state index is 12.9. The van der Waals surface area contributed by atoms with Gasteiger partial charge in [-0.25, -0.2) is 9.97 Å². The molecule has 7 heteroatoms. The maximum absolute atomic E-state index is 12.9. The molecule has 1 aromatic heterocycles. The normalized spacial score (nSPS) is 11.5.